The Morgan fingerprint density at radius 3 is 2.31 bits per heavy atom. The molecule has 16 heavy (non-hydrogen) atoms. The summed E-state index contributed by atoms with van der Waals surface area (Å²) in [6.07, 6.45) is 0.690. The van der Waals surface area contributed by atoms with E-state index in [0.29, 0.717) is 31.3 Å². The largest absolute Gasteiger partial charge is 0.396 e. The minimum Gasteiger partial charge on any atom is -0.396 e. The molecular formula is C12H26N2O2. The van der Waals surface area contributed by atoms with Gasteiger partial charge in [-0.1, -0.05) is 27.7 Å². The molecule has 0 aromatic heterocycles. The molecule has 4 nitrogen and oxygen atoms in total. The Hall–Kier alpha value is -0.610. The highest BCUT2D eigenvalue weighted by Crippen LogP contribution is 2.04. The smallest absolute Gasteiger partial charge is 0.233 e. The van der Waals surface area contributed by atoms with Crippen molar-refractivity contribution in [3.63, 3.8) is 0 Å². The Balaban J connectivity index is 3.78. The van der Waals surface area contributed by atoms with Crippen molar-refractivity contribution < 1.29 is 9.90 Å². The maximum atomic E-state index is 11.4. The molecule has 4 heteroatoms. The van der Waals surface area contributed by atoms with Crippen LogP contribution in [0.25, 0.3) is 0 Å². The first-order valence-electron chi connectivity index (χ1n) is 6.08. The van der Waals surface area contributed by atoms with E-state index in [1.54, 1.807) is 0 Å². The maximum absolute atomic E-state index is 11.4. The number of hydrogen-bond acceptors (Lipinski definition) is 3. The van der Waals surface area contributed by atoms with Crippen LogP contribution >= 0.6 is 0 Å². The van der Waals surface area contributed by atoms with Gasteiger partial charge >= 0.3 is 0 Å². The van der Waals surface area contributed by atoms with Crippen molar-refractivity contribution in [3.05, 3.63) is 0 Å². The minimum absolute atomic E-state index is 0.0253. The van der Waals surface area contributed by atoms with Crippen LogP contribution < -0.4 is 10.6 Å². The van der Waals surface area contributed by atoms with Crippen LogP contribution in [0.15, 0.2) is 0 Å². The van der Waals surface area contributed by atoms with Crippen LogP contribution in [0.5, 0.6) is 0 Å². The Morgan fingerprint density at radius 2 is 1.88 bits per heavy atom. The summed E-state index contributed by atoms with van der Waals surface area (Å²) in [7, 11) is 0. The molecule has 3 N–H and O–H groups in total. The molecule has 0 heterocycles. The third-order valence-corrected chi connectivity index (χ3v) is 2.48. The highest BCUT2D eigenvalue weighted by Gasteiger charge is 2.13. The fraction of sp³-hybridized carbons (Fsp3) is 0.917. The predicted molar refractivity (Wildman–Crippen MR) is 66.2 cm³/mol. The third-order valence-electron chi connectivity index (χ3n) is 2.48. The van der Waals surface area contributed by atoms with Gasteiger partial charge in [0, 0.05) is 19.2 Å². The lowest BCUT2D eigenvalue weighted by atomic mass is 10.0. The van der Waals surface area contributed by atoms with Crippen LogP contribution in [0.2, 0.25) is 0 Å². The molecule has 0 bridgehead atoms. The van der Waals surface area contributed by atoms with Gasteiger partial charge in [0.1, 0.15) is 0 Å². The van der Waals surface area contributed by atoms with Crippen molar-refractivity contribution >= 4 is 5.91 Å². The predicted octanol–water partition coefficient (Wildman–Crippen LogP) is 0.755. The highest BCUT2D eigenvalue weighted by atomic mass is 16.3. The lowest BCUT2D eigenvalue weighted by Crippen LogP contribution is -2.42. The van der Waals surface area contributed by atoms with E-state index in [2.05, 4.69) is 38.3 Å². The number of aliphatic hydroxyl groups excluding tert-OH is 1. The van der Waals surface area contributed by atoms with E-state index in [4.69, 9.17) is 5.11 Å². The normalized spacial score (nSPS) is 13.2. The average Bonchev–Trinajstić information content (AvgIpc) is 2.20. The van der Waals surface area contributed by atoms with E-state index in [-0.39, 0.29) is 18.6 Å². The summed E-state index contributed by atoms with van der Waals surface area (Å²) >= 11 is 0. The first-order chi connectivity index (χ1) is 7.47. The quantitative estimate of drug-likeness (QED) is 0.577. The monoisotopic (exact) mass is 230 g/mol. The molecular weight excluding hydrogens is 204 g/mol. The first kappa shape index (κ1) is 15.4. The van der Waals surface area contributed by atoms with Crippen molar-refractivity contribution in [2.24, 2.45) is 11.8 Å². The molecule has 0 aromatic rings. The second-order valence-corrected chi connectivity index (χ2v) is 4.94. The van der Waals surface area contributed by atoms with Crippen LogP contribution in [0.3, 0.4) is 0 Å². The van der Waals surface area contributed by atoms with Gasteiger partial charge in [0.2, 0.25) is 5.91 Å². The van der Waals surface area contributed by atoms with Crippen LogP contribution in [-0.4, -0.2) is 36.8 Å². The molecule has 1 amide bonds. The summed E-state index contributed by atoms with van der Waals surface area (Å²) in [6.45, 7) is 9.50. The molecule has 96 valence electrons. The zero-order valence-corrected chi connectivity index (χ0v) is 10.9. The Kier molecular flexibility index (Phi) is 8.21. The number of rotatable bonds is 8. The summed E-state index contributed by atoms with van der Waals surface area (Å²) < 4.78 is 0. The van der Waals surface area contributed by atoms with Gasteiger partial charge in [-0.15, -0.1) is 0 Å². The summed E-state index contributed by atoms with van der Waals surface area (Å²) in [5, 5.41) is 14.9. The lowest BCUT2D eigenvalue weighted by Gasteiger charge is -2.21. The van der Waals surface area contributed by atoms with Crippen molar-refractivity contribution in [1.82, 2.24) is 10.6 Å². The number of carbonyl (C=O) groups excluding carboxylic acids is 1. The molecule has 0 radical (unpaired) electrons. The second kappa shape index (κ2) is 8.53. The van der Waals surface area contributed by atoms with Gasteiger partial charge in [-0.2, -0.15) is 0 Å². The molecule has 0 aromatic carbocycles. The Labute approximate surface area is 98.8 Å². The van der Waals surface area contributed by atoms with Gasteiger partial charge in [-0.25, -0.2) is 0 Å². The summed E-state index contributed by atoms with van der Waals surface area (Å²) in [5.41, 5.74) is 0. The number of nitrogens with one attached hydrogen (secondary N) is 2. The molecule has 1 atom stereocenters. The van der Waals surface area contributed by atoms with Gasteiger partial charge in [0.15, 0.2) is 0 Å². The van der Waals surface area contributed by atoms with Gasteiger partial charge < -0.3 is 15.7 Å². The van der Waals surface area contributed by atoms with Crippen molar-refractivity contribution in [1.29, 1.82) is 0 Å². The fourth-order valence-corrected chi connectivity index (χ4v) is 1.41. The molecule has 0 spiro atoms. The van der Waals surface area contributed by atoms with Crippen LogP contribution in [-0.2, 0) is 4.79 Å². The van der Waals surface area contributed by atoms with E-state index in [1.165, 1.54) is 0 Å². The highest BCUT2D eigenvalue weighted by molar-refractivity contribution is 5.77. The molecule has 1 unspecified atom stereocenters. The second-order valence-electron chi connectivity index (χ2n) is 4.94. The molecule has 0 aliphatic heterocycles. The van der Waals surface area contributed by atoms with Gasteiger partial charge in [-0.05, 0) is 18.3 Å². The van der Waals surface area contributed by atoms with Crippen molar-refractivity contribution in [2.75, 3.05) is 19.7 Å². The molecule has 0 saturated carbocycles. The summed E-state index contributed by atoms with van der Waals surface area (Å²) in [5.74, 6) is 0.921. The van der Waals surface area contributed by atoms with E-state index in [0.717, 1.165) is 0 Å². The van der Waals surface area contributed by atoms with Gasteiger partial charge in [0.25, 0.3) is 0 Å². The molecule has 0 aliphatic rings. The van der Waals surface area contributed by atoms with Crippen molar-refractivity contribution in [3.8, 4) is 0 Å². The van der Waals surface area contributed by atoms with E-state index in [1.807, 2.05) is 0 Å². The maximum Gasteiger partial charge on any atom is 0.233 e. The lowest BCUT2D eigenvalue weighted by molar-refractivity contribution is -0.120. The van der Waals surface area contributed by atoms with Crippen LogP contribution in [0.4, 0.5) is 0 Å². The van der Waals surface area contributed by atoms with Crippen molar-refractivity contribution in [2.45, 2.75) is 40.2 Å². The number of carbonyl (C=O) groups is 1. The molecule has 0 aliphatic carbocycles. The first-order valence-corrected chi connectivity index (χ1v) is 6.08. The molecule has 0 fully saturated rings. The van der Waals surface area contributed by atoms with E-state index < -0.39 is 0 Å². The summed E-state index contributed by atoms with van der Waals surface area (Å²) in [4.78, 5) is 11.4. The summed E-state index contributed by atoms with van der Waals surface area (Å²) in [6, 6.07) is 0.204. The zero-order chi connectivity index (χ0) is 12.6. The zero-order valence-electron chi connectivity index (χ0n) is 10.9. The minimum atomic E-state index is 0.0253. The fourth-order valence-electron chi connectivity index (χ4n) is 1.41. The SMILES string of the molecule is CC(C)CNC(=O)CNC(CCO)C(C)C. The number of amides is 1. The number of hydrogen-bond donors (Lipinski definition) is 3. The van der Waals surface area contributed by atoms with E-state index in [9.17, 15) is 4.79 Å². The third kappa shape index (κ3) is 7.65. The molecule has 0 rings (SSSR count). The Bertz CT molecular complexity index is 193. The Morgan fingerprint density at radius 1 is 1.25 bits per heavy atom. The van der Waals surface area contributed by atoms with E-state index >= 15 is 0 Å². The molecule has 0 saturated heterocycles. The topological polar surface area (TPSA) is 61.4 Å². The van der Waals surface area contributed by atoms with Crippen LogP contribution in [0.1, 0.15) is 34.1 Å². The average molecular weight is 230 g/mol. The van der Waals surface area contributed by atoms with Crippen LogP contribution in [0, 0.1) is 11.8 Å². The van der Waals surface area contributed by atoms with Gasteiger partial charge in [0.05, 0.1) is 6.54 Å². The standard InChI is InChI=1S/C12H26N2O2/c1-9(2)7-14-12(16)8-13-11(5-6-15)10(3)4/h9-11,13,15H,5-8H2,1-4H3,(H,14,16). The van der Waals surface area contributed by atoms with Gasteiger partial charge in [-0.3, -0.25) is 4.79 Å². The number of aliphatic hydroxyl groups is 1.